The van der Waals surface area contributed by atoms with E-state index in [0.29, 0.717) is 12.0 Å². The number of halogens is 1. The number of hydrogen-bond donors (Lipinski definition) is 2. The van der Waals surface area contributed by atoms with Crippen LogP contribution in [0.1, 0.15) is 26.7 Å². The maximum absolute atomic E-state index is 9.90. The van der Waals surface area contributed by atoms with Crippen LogP contribution in [0.4, 0.5) is 0 Å². The lowest BCUT2D eigenvalue weighted by Gasteiger charge is -2.35. The minimum Gasteiger partial charge on any atom is -0.394 e. The Morgan fingerprint density at radius 1 is 1.42 bits per heavy atom. The van der Waals surface area contributed by atoms with Crippen LogP contribution in [-0.2, 0) is 0 Å². The van der Waals surface area contributed by atoms with Gasteiger partial charge in [-0.05, 0) is 46.8 Å². The summed E-state index contributed by atoms with van der Waals surface area (Å²) in [5.41, 5.74) is -0.131. The quantitative estimate of drug-likeness (QED) is 0.740. The van der Waals surface area contributed by atoms with Crippen LogP contribution in [0.15, 0.2) is 33.6 Å². The molecule has 106 valence electrons. The molecule has 1 atom stereocenters. The Morgan fingerprint density at radius 2 is 2.11 bits per heavy atom. The molecular formula is C15H22BrNOS. The van der Waals surface area contributed by atoms with Gasteiger partial charge < -0.3 is 10.4 Å². The lowest BCUT2D eigenvalue weighted by molar-refractivity contribution is 0.150. The van der Waals surface area contributed by atoms with Crippen molar-refractivity contribution in [3.05, 3.63) is 28.7 Å². The first-order valence-electron chi connectivity index (χ1n) is 6.83. The molecule has 1 fully saturated rings. The van der Waals surface area contributed by atoms with Crippen molar-refractivity contribution < 1.29 is 5.11 Å². The Morgan fingerprint density at radius 3 is 2.63 bits per heavy atom. The summed E-state index contributed by atoms with van der Waals surface area (Å²) in [7, 11) is 0. The van der Waals surface area contributed by atoms with Crippen LogP contribution in [-0.4, -0.2) is 29.0 Å². The highest BCUT2D eigenvalue weighted by Gasteiger charge is 2.45. The highest BCUT2D eigenvalue weighted by molar-refractivity contribution is 9.10. The van der Waals surface area contributed by atoms with Crippen molar-refractivity contribution in [1.29, 1.82) is 0 Å². The van der Waals surface area contributed by atoms with E-state index in [9.17, 15) is 5.11 Å². The second-order valence-electron chi connectivity index (χ2n) is 5.61. The molecule has 1 saturated carbocycles. The first-order valence-corrected chi connectivity index (χ1v) is 8.61. The molecule has 0 saturated heterocycles. The van der Waals surface area contributed by atoms with Crippen LogP contribution in [0.5, 0.6) is 0 Å². The highest BCUT2D eigenvalue weighted by atomic mass is 79.9. The summed E-state index contributed by atoms with van der Waals surface area (Å²) in [5, 5.41) is 13.5. The Labute approximate surface area is 128 Å². The molecule has 1 aliphatic carbocycles. The summed E-state index contributed by atoms with van der Waals surface area (Å²) in [6.45, 7) is 4.51. The van der Waals surface area contributed by atoms with E-state index < -0.39 is 0 Å². The zero-order chi connectivity index (χ0) is 13.9. The smallest absolute Gasteiger partial charge is 0.0624 e. The fourth-order valence-corrected chi connectivity index (χ4v) is 4.31. The van der Waals surface area contributed by atoms with Crippen LogP contribution >= 0.6 is 27.7 Å². The molecule has 1 aromatic rings. The number of aliphatic hydroxyl groups is 1. The van der Waals surface area contributed by atoms with Crippen molar-refractivity contribution in [2.75, 3.05) is 12.4 Å². The van der Waals surface area contributed by atoms with Gasteiger partial charge >= 0.3 is 0 Å². The van der Waals surface area contributed by atoms with Gasteiger partial charge in [-0.3, -0.25) is 0 Å². The van der Waals surface area contributed by atoms with Gasteiger partial charge in [-0.15, -0.1) is 11.8 Å². The Bertz CT molecular complexity index is 422. The molecule has 19 heavy (non-hydrogen) atoms. The first kappa shape index (κ1) is 15.4. The molecular weight excluding hydrogens is 322 g/mol. The van der Waals surface area contributed by atoms with Crippen LogP contribution in [0.25, 0.3) is 0 Å². The summed E-state index contributed by atoms with van der Waals surface area (Å²) in [5.74, 6) is 1.53. The van der Waals surface area contributed by atoms with Crippen LogP contribution in [0.2, 0.25) is 0 Å². The van der Waals surface area contributed by atoms with Gasteiger partial charge in [0, 0.05) is 21.2 Å². The number of aliphatic hydroxyl groups excluding tert-OH is 1. The maximum Gasteiger partial charge on any atom is 0.0624 e. The molecule has 1 aliphatic rings. The molecule has 2 nitrogen and oxygen atoms in total. The molecule has 0 bridgehead atoms. The van der Waals surface area contributed by atoms with Gasteiger partial charge in [0.05, 0.1) is 12.1 Å². The summed E-state index contributed by atoms with van der Waals surface area (Å²) in [6.07, 6.45) is 2.47. The van der Waals surface area contributed by atoms with E-state index in [1.807, 2.05) is 17.8 Å². The minimum atomic E-state index is -0.131. The van der Waals surface area contributed by atoms with Gasteiger partial charge in [-0.1, -0.05) is 26.0 Å². The summed E-state index contributed by atoms with van der Waals surface area (Å²) in [6, 6.07) is 8.67. The molecule has 0 aliphatic heterocycles. The van der Waals surface area contributed by atoms with Gasteiger partial charge in [0.25, 0.3) is 0 Å². The fourth-order valence-electron chi connectivity index (χ4n) is 2.48. The normalized spacial score (nSPS) is 18.6. The molecule has 0 aromatic heterocycles. The summed E-state index contributed by atoms with van der Waals surface area (Å²) in [4.78, 5) is 1.24. The van der Waals surface area contributed by atoms with E-state index in [0.717, 1.165) is 10.2 Å². The van der Waals surface area contributed by atoms with Crippen LogP contribution in [0.3, 0.4) is 0 Å². The van der Waals surface area contributed by atoms with E-state index in [-0.39, 0.29) is 12.1 Å². The van der Waals surface area contributed by atoms with Crippen LogP contribution < -0.4 is 5.32 Å². The predicted molar refractivity (Wildman–Crippen MR) is 85.7 cm³/mol. The molecule has 0 spiro atoms. The van der Waals surface area contributed by atoms with Gasteiger partial charge in [-0.2, -0.15) is 0 Å². The van der Waals surface area contributed by atoms with Crippen molar-refractivity contribution in [3.8, 4) is 0 Å². The predicted octanol–water partition coefficient (Wildman–Crippen LogP) is 3.68. The van der Waals surface area contributed by atoms with Crippen molar-refractivity contribution >= 4 is 27.7 Å². The molecule has 1 unspecified atom stereocenters. The second kappa shape index (κ2) is 6.61. The minimum absolute atomic E-state index is 0.131. The van der Waals surface area contributed by atoms with Gasteiger partial charge in [-0.25, -0.2) is 0 Å². The lowest BCUT2D eigenvalue weighted by Crippen LogP contribution is -2.55. The van der Waals surface area contributed by atoms with Gasteiger partial charge in [0.2, 0.25) is 0 Å². The van der Waals surface area contributed by atoms with E-state index >= 15 is 0 Å². The standard InChI is InChI=1S/C15H22BrNOS/c1-11(2)17-15(9-18,12-7-8-12)10-19-14-6-4-3-5-13(14)16/h3-6,11-12,17-18H,7-10H2,1-2H3. The number of thioether (sulfide) groups is 1. The van der Waals surface area contributed by atoms with Crippen molar-refractivity contribution in [1.82, 2.24) is 5.32 Å². The molecule has 2 N–H and O–H groups in total. The third kappa shape index (κ3) is 3.97. The fraction of sp³-hybridized carbons (Fsp3) is 0.600. The zero-order valence-corrected chi connectivity index (χ0v) is 13.9. The van der Waals surface area contributed by atoms with Gasteiger partial charge in [0.1, 0.15) is 0 Å². The summed E-state index contributed by atoms with van der Waals surface area (Å²) >= 11 is 5.41. The zero-order valence-electron chi connectivity index (χ0n) is 11.5. The third-order valence-corrected chi connectivity index (χ3v) is 5.82. The SMILES string of the molecule is CC(C)NC(CO)(CSc1ccccc1Br)C1CC1. The Kier molecular flexibility index (Phi) is 5.35. The third-order valence-electron chi connectivity index (χ3n) is 3.54. The molecule has 4 heteroatoms. The van der Waals surface area contributed by atoms with E-state index in [4.69, 9.17) is 0 Å². The monoisotopic (exact) mass is 343 g/mol. The first-order chi connectivity index (χ1) is 9.07. The molecule has 0 amide bonds. The van der Waals surface area contributed by atoms with Crippen molar-refractivity contribution in [2.45, 2.75) is 43.2 Å². The van der Waals surface area contributed by atoms with Crippen molar-refractivity contribution in [3.63, 3.8) is 0 Å². The largest absolute Gasteiger partial charge is 0.394 e. The Hall–Kier alpha value is -0.0300. The average Bonchev–Trinajstić information content (AvgIpc) is 3.20. The summed E-state index contributed by atoms with van der Waals surface area (Å²) < 4.78 is 1.13. The van der Waals surface area contributed by atoms with Crippen LogP contribution in [0, 0.1) is 5.92 Å². The van der Waals surface area contributed by atoms with E-state index in [1.165, 1.54) is 17.7 Å². The van der Waals surface area contributed by atoms with Gasteiger partial charge in [0.15, 0.2) is 0 Å². The molecule has 0 heterocycles. The number of rotatable bonds is 7. The van der Waals surface area contributed by atoms with E-state index in [1.54, 1.807) is 0 Å². The number of hydrogen-bond acceptors (Lipinski definition) is 3. The van der Waals surface area contributed by atoms with Crippen molar-refractivity contribution in [2.24, 2.45) is 5.92 Å². The highest BCUT2D eigenvalue weighted by Crippen LogP contribution is 2.43. The second-order valence-corrected chi connectivity index (χ2v) is 7.48. The number of nitrogens with one attached hydrogen (secondary N) is 1. The lowest BCUT2D eigenvalue weighted by atomic mass is 9.95. The molecule has 0 radical (unpaired) electrons. The topological polar surface area (TPSA) is 32.3 Å². The molecule has 2 rings (SSSR count). The average molecular weight is 344 g/mol. The molecule has 1 aromatic carbocycles. The van der Waals surface area contributed by atoms with E-state index in [2.05, 4.69) is 53.3 Å². The Balaban J connectivity index is 2.06. The maximum atomic E-state index is 9.90. The number of benzene rings is 1.